The van der Waals surface area contributed by atoms with Crippen molar-refractivity contribution in [3.63, 3.8) is 0 Å². The molecule has 1 aromatic rings. The van der Waals surface area contributed by atoms with E-state index < -0.39 is 0 Å². The van der Waals surface area contributed by atoms with Crippen LogP contribution in [0.25, 0.3) is 0 Å². The summed E-state index contributed by atoms with van der Waals surface area (Å²) >= 11 is 11.8. The van der Waals surface area contributed by atoms with E-state index in [2.05, 4.69) is 5.32 Å². The van der Waals surface area contributed by atoms with Crippen molar-refractivity contribution in [2.45, 2.75) is 31.7 Å². The molecule has 2 aliphatic rings. The molecular formula is C15H17Cl2NO2. The van der Waals surface area contributed by atoms with Crippen LogP contribution in [0, 0.1) is 11.8 Å². The number of rotatable bonds is 4. The number of carbonyl (C=O) groups excluding carboxylic acids is 1. The van der Waals surface area contributed by atoms with E-state index >= 15 is 0 Å². The van der Waals surface area contributed by atoms with E-state index in [9.17, 15) is 4.79 Å². The third-order valence-corrected chi connectivity index (χ3v) is 4.87. The predicted octanol–water partition coefficient (Wildman–Crippen LogP) is 3.68. The van der Waals surface area contributed by atoms with Gasteiger partial charge in [-0.2, -0.15) is 0 Å². The van der Waals surface area contributed by atoms with Crippen LogP contribution in [0.4, 0.5) is 0 Å². The third kappa shape index (κ3) is 3.04. The molecule has 0 spiro atoms. The Labute approximate surface area is 128 Å². The Morgan fingerprint density at radius 3 is 2.80 bits per heavy atom. The lowest BCUT2D eigenvalue weighted by Gasteiger charge is -2.22. The van der Waals surface area contributed by atoms with Crippen molar-refractivity contribution in [3.05, 3.63) is 28.2 Å². The van der Waals surface area contributed by atoms with Crippen molar-refractivity contribution in [1.29, 1.82) is 0 Å². The molecule has 2 aliphatic carbocycles. The van der Waals surface area contributed by atoms with Crippen LogP contribution in [0.1, 0.15) is 25.7 Å². The number of ether oxygens (including phenoxy) is 1. The highest BCUT2D eigenvalue weighted by molar-refractivity contribution is 6.35. The molecule has 2 bridgehead atoms. The molecule has 1 amide bonds. The molecule has 3 rings (SSSR count). The summed E-state index contributed by atoms with van der Waals surface area (Å²) in [6, 6.07) is 5.31. The number of hydrogen-bond acceptors (Lipinski definition) is 2. The minimum absolute atomic E-state index is 0.00472. The Bertz CT molecular complexity index is 521. The minimum atomic E-state index is -0.0754. The average molecular weight is 314 g/mol. The number of hydrogen-bond donors (Lipinski definition) is 1. The highest BCUT2D eigenvalue weighted by atomic mass is 35.5. The molecule has 0 heterocycles. The van der Waals surface area contributed by atoms with Gasteiger partial charge in [-0.1, -0.05) is 29.6 Å². The van der Waals surface area contributed by atoms with Crippen molar-refractivity contribution >= 4 is 29.1 Å². The zero-order chi connectivity index (χ0) is 14.1. The molecule has 20 heavy (non-hydrogen) atoms. The number of halogens is 2. The molecule has 3 nitrogen and oxygen atoms in total. The van der Waals surface area contributed by atoms with Gasteiger partial charge in [0.25, 0.3) is 5.91 Å². The number of nitrogens with one attached hydrogen (secondary N) is 1. The minimum Gasteiger partial charge on any atom is -0.482 e. The van der Waals surface area contributed by atoms with Gasteiger partial charge in [0, 0.05) is 11.1 Å². The molecule has 0 aliphatic heterocycles. The second-order valence-corrected chi connectivity index (χ2v) is 6.56. The Morgan fingerprint density at radius 2 is 2.15 bits per heavy atom. The first kappa shape index (κ1) is 14.0. The molecular weight excluding hydrogens is 297 g/mol. The summed E-state index contributed by atoms with van der Waals surface area (Å²) in [6.07, 6.45) is 4.97. The summed E-state index contributed by atoms with van der Waals surface area (Å²) in [7, 11) is 0. The van der Waals surface area contributed by atoms with Crippen LogP contribution >= 0.6 is 23.2 Å². The van der Waals surface area contributed by atoms with E-state index in [4.69, 9.17) is 27.9 Å². The summed E-state index contributed by atoms with van der Waals surface area (Å²) in [5.41, 5.74) is 0. The Morgan fingerprint density at radius 1 is 1.30 bits per heavy atom. The Balaban J connectivity index is 1.49. The van der Waals surface area contributed by atoms with Crippen LogP contribution in [-0.2, 0) is 4.79 Å². The van der Waals surface area contributed by atoms with Gasteiger partial charge in [0.1, 0.15) is 5.75 Å². The molecule has 3 atom stereocenters. The van der Waals surface area contributed by atoms with E-state index in [1.54, 1.807) is 18.2 Å². The highest BCUT2D eigenvalue weighted by Crippen LogP contribution is 2.44. The average Bonchev–Trinajstić information content (AvgIpc) is 3.00. The standard InChI is InChI=1S/C15H17Cl2NO2/c16-11-3-4-14(12(17)7-11)20-8-15(19)18-13-6-9-1-2-10(13)5-9/h3-4,7,9-10,13H,1-2,5-6,8H2,(H,18,19)/t9-,10-,13+/m0/s1. The predicted molar refractivity (Wildman–Crippen MR) is 79.3 cm³/mol. The van der Waals surface area contributed by atoms with Gasteiger partial charge in [-0.25, -0.2) is 0 Å². The molecule has 0 unspecified atom stereocenters. The normalized spacial score (nSPS) is 27.6. The maximum Gasteiger partial charge on any atom is 0.258 e. The lowest BCUT2D eigenvalue weighted by Crippen LogP contribution is -2.40. The zero-order valence-electron chi connectivity index (χ0n) is 11.1. The Kier molecular flexibility index (Phi) is 4.08. The van der Waals surface area contributed by atoms with Gasteiger partial charge in [0.15, 0.2) is 6.61 Å². The van der Waals surface area contributed by atoms with Crippen molar-refractivity contribution < 1.29 is 9.53 Å². The highest BCUT2D eigenvalue weighted by Gasteiger charge is 2.40. The Hall–Kier alpha value is -0.930. The molecule has 108 valence electrons. The lowest BCUT2D eigenvalue weighted by atomic mass is 9.95. The number of benzene rings is 1. The maximum atomic E-state index is 11.9. The van der Waals surface area contributed by atoms with Crippen molar-refractivity contribution in [1.82, 2.24) is 5.32 Å². The summed E-state index contributed by atoms with van der Waals surface area (Å²) < 4.78 is 5.44. The molecule has 5 heteroatoms. The maximum absolute atomic E-state index is 11.9. The fourth-order valence-electron chi connectivity index (χ4n) is 3.41. The quantitative estimate of drug-likeness (QED) is 0.921. The summed E-state index contributed by atoms with van der Waals surface area (Å²) in [5, 5.41) is 4.05. The fourth-order valence-corrected chi connectivity index (χ4v) is 3.87. The van der Waals surface area contributed by atoms with Crippen LogP contribution < -0.4 is 10.1 Å². The van der Waals surface area contributed by atoms with Gasteiger partial charge in [0.2, 0.25) is 0 Å². The molecule has 0 radical (unpaired) electrons. The topological polar surface area (TPSA) is 38.3 Å². The van der Waals surface area contributed by atoms with Gasteiger partial charge >= 0.3 is 0 Å². The van der Waals surface area contributed by atoms with Crippen LogP contribution in [0.2, 0.25) is 10.0 Å². The first-order chi connectivity index (χ1) is 9.61. The number of fused-ring (bicyclic) bond motifs is 2. The molecule has 2 fully saturated rings. The van der Waals surface area contributed by atoms with Gasteiger partial charge in [0.05, 0.1) is 5.02 Å². The van der Waals surface area contributed by atoms with Gasteiger partial charge in [-0.15, -0.1) is 0 Å². The first-order valence-electron chi connectivity index (χ1n) is 6.99. The van der Waals surface area contributed by atoms with Gasteiger partial charge in [-0.3, -0.25) is 4.79 Å². The molecule has 2 saturated carbocycles. The summed E-state index contributed by atoms with van der Waals surface area (Å²) in [4.78, 5) is 11.9. The molecule has 0 aromatic heterocycles. The first-order valence-corrected chi connectivity index (χ1v) is 7.74. The summed E-state index contributed by atoms with van der Waals surface area (Å²) in [6.45, 7) is -0.00472. The van der Waals surface area contributed by atoms with Gasteiger partial charge in [-0.05, 0) is 49.3 Å². The summed E-state index contributed by atoms with van der Waals surface area (Å²) in [5.74, 6) is 1.90. The molecule has 1 N–H and O–H groups in total. The number of amides is 1. The third-order valence-electron chi connectivity index (χ3n) is 4.34. The van der Waals surface area contributed by atoms with Crippen molar-refractivity contribution in [2.24, 2.45) is 11.8 Å². The van der Waals surface area contributed by atoms with Crippen LogP contribution in [-0.4, -0.2) is 18.6 Å². The van der Waals surface area contributed by atoms with Crippen LogP contribution in [0.5, 0.6) is 5.75 Å². The second kappa shape index (κ2) is 5.82. The van der Waals surface area contributed by atoms with E-state index in [1.807, 2.05) is 0 Å². The molecule has 1 aromatic carbocycles. The monoisotopic (exact) mass is 313 g/mol. The van der Waals surface area contributed by atoms with Gasteiger partial charge < -0.3 is 10.1 Å². The van der Waals surface area contributed by atoms with E-state index in [0.29, 0.717) is 27.8 Å². The van der Waals surface area contributed by atoms with Crippen LogP contribution in [0.15, 0.2) is 18.2 Å². The second-order valence-electron chi connectivity index (χ2n) is 5.71. The van der Waals surface area contributed by atoms with E-state index in [-0.39, 0.29) is 12.5 Å². The van der Waals surface area contributed by atoms with Crippen molar-refractivity contribution in [2.75, 3.05) is 6.61 Å². The van der Waals surface area contributed by atoms with E-state index in [0.717, 1.165) is 12.3 Å². The largest absolute Gasteiger partial charge is 0.482 e. The zero-order valence-corrected chi connectivity index (χ0v) is 12.6. The SMILES string of the molecule is O=C(COc1ccc(Cl)cc1Cl)N[C@@H]1C[C@H]2CC[C@H]1C2. The number of carbonyl (C=O) groups is 1. The lowest BCUT2D eigenvalue weighted by molar-refractivity contribution is -0.124. The van der Waals surface area contributed by atoms with Crippen molar-refractivity contribution in [3.8, 4) is 5.75 Å². The smallest absolute Gasteiger partial charge is 0.258 e. The fraction of sp³-hybridized carbons (Fsp3) is 0.533. The molecule has 0 saturated heterocycles. The van der Waals surface area contributed by atoms with Crippen LogP contribution in [0.3, 0.4) is 0 Å². The van der Waals surface area contributed by atoms with E-state index in [1.165, 1.54) is 19.3 Å².